The van der Waals surface area contributed by atoms with E-state index in [1.807, 2.05) is 0 Å². The zero-order valence-electron chi connectivity index (χ0n) is 17.9. The van der Waals surface area contributed by atoms with E-state index in [4.69, 9.17) is 4.74 Å². The van der Waals surface area contributed by atoms with Crippen molar-refractivity contribution < 1.29 is 4.74 Å². The summed E-state index contributed by atoms with van der Waals surface area (Å²) in [6, 6.07) is 15.8. The number of methoxy groups -OCH3 is 1. The van der Waals surface area contributed by atoms with Crippen LogP contribution in [-0.4, -0.2) is 13.7 Å². The molecule has 2 aromatic rings. The van der Waals surface area contributed by atoms with Crippen molar-refractivity contribution in [3.8, 4) is 5.75 Å². The molecule has 4 atom stereocenters. The maximum atomic E-state index is 5.58. The minimum atomic E-state index is 0.123. The summed E-state index contributed by atoms with van der Waals surface area (Å²) in [5.74, 6) is 2.55. The lowest BCUT2D eigenvalue weighted by atomic mass is 9.46. The molecule has 4 aliphatic rings. The average Bonchev–Trinajstić information content (AvgIpc) is 2.74. The summed E-state index contributed by atoms with van der Waals surface area (Å²) in [4.78, 5) is 2.79. The molecular formula is C26H32BrNO. The van der Waals surface area contributed by atoms with Crippen LogP contribution in [0, 0.1) is 17.3 Å². The van der Waals surface area contributed by atoms with Gasteiger partial charge in [0.1, 0.15) is 5.75 Å². The molecule has 3 fully saturated rings. The SMILES string of the molecule is CCC[C@H]1[C@@H]2CCc3cc(OC)ccc3[C@@]23CC[C@]1(C)CN3c1cccc(Br)c1. The number of hydrogen-bond donors (Lipinski definition) is 0. The topological polar surface area (TPSA) is 12.5 Å². The van der Waals surface area contributed by atoms with Crippen LogP contribution in [0.5, 0.6) is 5.75 Å². The number of fused-ring (bicyclic) bond motifs is 3. The van der Waals surface area contributed by atoms with Gasteiger partial charge in [-0.1, -0.05) is 48.3 Å². The molecule has 2 aliphatic carbocycles. The van der Waals surface area contributed by atoms with Gasteiger partial charge in [0.2, 0.25) is 0 Å². The summed E-state index contributed by atoms with van der Waals surface area (Å²) in [6.45, 7) is 6.10. The number of piperidine rings is 2. The zero-order valence-corrected chi connectivity index (χ0v) is 19.5. The predicted molar refractivity (Wildman–Crippen MR) is 124 cm³/mol. The smallest absolute Gasteiger partial charge is 0.119 e. The lowest BCUT2D eigenvalue weighted by Crippen LogP contribution is -2.69. The molecule has 2 heterocycles. The molecule has 0 aromatic heterocycles. The zero-order chi connectivity index (χ0) is 20.2. The first-order chi connectivity index (χ1) is 14.0. The second-order valence-corrected chi connectivity index (χ2v) is 10.6. The van der Waals surface area contributed by atoms with Gasteiger partial charge in [0, 0.05) is 16.7 Å². The number of aryl methyl sites for hydroxylation is 1. The Labute approximate surface area is 183 Å². The van der Waals surface area contributed by atoms with Crippen LogP contribution >= 0.6 is 15.9 Å². The van der Waals surface area contributed by atoms with Gasteiger partial charge in [0.05, 0.1) is 12.6 Å². The maximum absolute atomic E-state index is 5.58. The van der Waals surface area contributed by atoms with Crippen molar-refractivity contribution in [2.75, 3.05) is 18.6 Å². The van der Waals surface area contributed by atoms with Crippen molar-refractivity contribution in [2.24, 2.45) is 17.3 Å². The number of rotatable bonds is 4. The van der Waals surface area contributed by atoms with E-state index < -0.39 is 0 Å². The molecule has 2 aromatic carbocycles. The molecule has 2 aliphatic heterocycles. The van der Waals surface area contributed by atoms with Crippen LogP contribution in [0.25, 0.3) is 0 Å². The van der Waals surface area contributed by atoms with E-state index in [0.717, 1.165) is 24.1 Å². The van der Waals surface area contributed by atoms with Crippen molar-refractivity contribution in [2.45, 2.75) is 57.9 Å². The second kappa shape index (κ2) is 7.04. The van der Waals surface area contributed by atoms with E-state index in [1.165, 1.54) is 54.2 Å². The molecule has 0 unspecified atom stereocenters. The number of anilines is 1. The van der Waals surface area contributed by atoms with Crippen LogP contribution in [0.1, 0.15) is 57.1 Å². The average molecular weight is 454 g/mol. The standard InChI is InChI=1S/C26H32BrNO/c1-4-6-23-24-11-9-18-15-21(29-3)10-12-22(18)26(24)14-13-25(23,2)17-28(26)20-8-5-7-19(27)16-20/h5,7-8,10,12,15-16,23-24H,4,6,9,11,13-14,17H2,1-3H3/t23-,24-,25+,26-/m0/s1. The van der Waals surface area contributed by atoms with E-state index in [1.54, 1.807) is 12.7 Å². The van der Waals surface area contributed by atoms with Gasteiger partial charge in [-0.25, -0.2) is 0 Å². The van der Waals surface area contributed by atoms with E-state index >= 15 is 0 Å². The van der Waals surface area contributed by atoms with Gasteiger partial charge in [-0.05, 0) is 90.8 Å². The normalized spacial score (nSPS) is 32.6. The van der Waals surface area contributed by atoms with E-state index in [-0.39, 0.29) is 5.54 Å². The molecule has 0 N–H and O–H groups in total. The monoisotopic (exact) mass is 453 g/mol. The van der Waals surface area contributed by atoms with Crippen molar-refractivity contribution >= 4 is 21.6 Å². The Morgan fingerprint density at radius 1 is 1.17 bits per heavy atom. The summed E-state index contributed by atoms with van der Waals surface area (Å²) in [5.41, 5.74) is 4.97. The fraction of sp³-hybridized carbons (Fsp3) is 0.538. The first-order valence-electron chi connectivity index (χ1n) is 11.2. The Balaban J connectivity index is 1.71. The van der Waals surface area contributed by atoms with Crippen LogP contribution in [-0.2, 0) is 12.0 Å². The molecule has 3 heteroatoms. The highest BCUT2D eigenvalue weighted by Crippen LogP contribution is 2.65. The Bertz CT molecular complexity index is 927. The molecule has 6 rings (SSSR count). The van der Waals surface area contributed by atoms with Crippen LogP contribution < -0.4 is 9.64 Å². The molecular weight excluding hydrogens is 422 g/mol. The van der Waals surface area contributed by atoms with E-state index in [2.05, 4.69) is 77.1 Å². The Morgan fingerprint density at radius 3 is 2.79 bits per heavy atom. The largest absolute Gasteiger partial charge is 0.497 e. The first-order valence-corrected chi connectivity index (χ1v) is 12.0. The highest BCUT2D eigenvalue weighted by Gasteiger charge is 2.63. The van der Waals surface area contributed by atoms with Crippen LogP contribution in [0.4, 0.5) is 5.69 Å². The van der Waals surface area contributed by atoms with Gasteiger partial charge in [-0.2, -0.15) is 0 Å². The fourth-order valence-corrected chi connectivity index (χ4v) is 7.47. The third kappa shape index (κ3) is 2.80. The molecule has 0 radical (unpaired) electrons. The van der Waals surface area contributed by atoms with Crippen molar-refractivity contribution in [3.05, 3.63) is 58.1 Å². The summed E-state index contributed by atoms with van der Waals surface area (Å²) < 4.78 is 6.75. The lowest BCUT2D eigenvalue weighted by Gasteiger charge is -2.69. The minimum absolute atomic E-state index is 0.123. The van der Waals surface area contributed by atoms with Crippen LogP contribution in [0.2, 0.25) is 0 Å². The molecule has 2 nitrogen and oxygen atoms in total. The van der Waals surface area contributed by atoms with Gasteiger partial charge in [-0.3, -0.25) is 0 Å². The molecule has 2 bridgehead atoms. The summed E-state index contributed by atoms with van der Waals surface area (Å²) >= 11 is 3.73. The van der Waals surface area contributed by atoms with Gasteiger partial charge < -0.3 is 9.64 Å². The molecule has 29 heavy (non-hydrogen) atoms. The molecule has 1 saturated carbocycles. The highest BCUT2D eigenvalue weighted by atomic mass is 79.9. The van der Waals surface area contributed by atoms with Crippen LogP contribution in [0.15, 0.2) is 46.9 Å². The predicted octanol–water partition coefficient (Wildman–Crippen LogP) is 6.95. The van der Waals surface area contributed by atoms with Gasteiger partial charge in [0.15, 0.2) is 0 Å². The number of benzene rings is 2. The molecule has 154 valence electrons. The molecule has 2 saturated heterocycles. The van der Waals surface area contributed by atoms with E-state index in [9.17, 15) is 0 Å². The Kier molecular flexibility index (Phi) is 4.73. The number of nitrogens with zero attached hydrogens (tertiary/aromatic N) is 1. The molecule has 0 amide bonds. The third-order valence-corrected chi connectivity index (χ3v) is 8.79. The summed E-state index contributed by atoms with van der Waals surface area (Å²) in [7, 11) is 1.78. The van der Waals surface area contributed by atoms with Crippen molar-refractivity contribution in [3.63, 3.8) is 0 Å². The number of halogens is 1. The van der Waals surface area contributed by atoms with Gasteiger partial charge in [-0.15, -0.1) is 0 Å². The molecule has 1 spiro atoms. The lowest BCUT2D eigenvalue weighted by molar-refractivity contribution is -0.0641. The minimum Gasteiger partial charge on any atom is -0.497 e. The van der Waals surface area contributed by atoms with Crippen LogP contribution in [0.3, 0.4) is 0 Å². The summed E-state index contributed by atoms with van der Waals surface area (Å²) in [6.07, 6.45) is 7.73. The Hall–Kier alpha value is -1.48. The number of hydrogen-bond acceptors (Lipinski definition) is 2. The first kappa shape index (κ1) is 19.5. The quantitative estimate of drug-likeness (QED) is 0.496. The fourth-order valence-electron chi connectivity index (χ4n) is 7.08. The maximum Gasteiger partial charge on any atom is 0.119 e. The number of ether oxygens (including phenoxy) is 1. The van der Waals surface area contributed by atoms with E-state index in [0.29, 0.717) is 5.41 Å². The van der Waals surface area contributed by atoms with Crippen molar-refractivity contribution in [1.29, 1.82) is 0 Å². The highest BCUT2D eigenvalue weighted by molar-refractivity contribution is 9.10. The Morgan fingerprint density at radius 2 is 2.03 bits per heavy atom. The van der Waals surface area contributed by atoms with Crippen molar-refractivity contribution in [1.82, 2.24) is 0 Å². The van der Waals surface area contributed by atoms with Gasteiger partial charge >= 0.3 is 0 Å². The second-order valence-electron chi connectivity index (χ2n) is 9.71. The third-order valence-electron chi connectivity index (χ3n) is 8.30. The summed E-state index contributed by atoms with van der Waals surface area (Å²) in [5, 5.41) is 0. The van der Waals surface area contributed by atoms with Gasteiger partial charge in [0.25, 0.3) is 0 Å².